The normalized spacial score (nSPS) is 32.2. The van der Waals surface area contributed by atoms with Gasteiger partial charge in [-0.25, -0.2) is 0 Å². The van der Waals surface area contributed by atoms with Crippen LogP contribution in [0.2, 0.25) is 0 Å². The second-order valence-electron chi connectivity index (χ2n) is 4.97. The standard InChI is InChI=1S/C11H18N4O/c12-4-3-10-14-15-11(16-10)13-9-6-7-1-2-8(9)5-7/h7-9H,1-6,12H2,(H,13,15). The van der Waals surface area contributed by atoms with E-state index in [0.29, 0.717) is 30.9 Å². The highest BCUT2D eigenvalue weighted by Crippen LogP contribution is 2.45. The molecule has 3 atom stereocenters. The molecule has 0 aliphatic heterocycles. The van der Waals surface area contributed by atoms with Crippen LogP contribution in [0.25, 0.3) is 0 Å². The van der Waals surface area contributed by atoms with Crippen LogP contribution < -0.4 is 11.1 Å². The summed E-state index contributed by atoms with van der Waals surface area (Å²) in [6.45, 7) is 0.551. The molecule has 0 aromatic carbocycles. The van der Waals surface area contributed by atoms with E-state index in [2.05, 4.69) is 15.5 Å². The average molecular weight is 222 g/mol. The minimum absolute atomic E-state index is 0.546. The fourth-order valence-corrected chi connectivity index (χ4v) is 3.12. The molecule has 3 unspecified atom stereocenters. The lowest BCUT2D eigenvalue weighted by atomic mass is 9.96. The molecular formula is C11H18N4O. The van der Waals surface area contributed by atoms with Gasteiger partial charge >= 0.3 is 6.01 Å². The first-order valence-corrected chi connectivity index (χ1v) is 6.14. The number of anilines is 1. The summed E-state index contributed by atoms with van der Waals surface area (Å²) >= 11 is 0. The summed E-state index contributed by atoms with van der Waals surface area (Å²) < 4.78 is 5.48. The van der Waals surface area contributed by atoms with E-state index in [0.717, 1.165) is 11.8 Å². The first-order valence-electron chi connectivity index (χ1n) is 6.14. The van der Waals surface area contributed by atoms with E-state index in [9.17, 15) is 0 Å². The van der Waals surface area contributed by atoms with Crippen LogP contribution in [0, 0.1) is 11.8 Å². The van der Waals surface area contributed by atoms with Crippen LogP contribution in [0.1, 0.15) is 31.6 Å². The highest BCUT2D eigenvalue weighted by atomic mass is 16.4. The molecule has 0 saturated heterocycles. The Kier molecular flexibility index (Phi) is 2.55. The summed E-state index contributed by atoms with van der Waals surface area (Å²) in [5.74, 6) is 2.37. The van der Waals surface area contributed by atoms with Crippen LogP contribution in [0.5, 0.6) is 0 Å². The molecule has 1 aromatic heterocycles. The van der Waals surface area contributed by atoms with Gasteiger partial charge in [0.05, 0.1) is 0 Å². The molecule has 2 saturated carbocycles. The Morgan fingerprint density at radius 3 is 2.94 bits per heavy atom. The Labute approximate surface area is 94.8 Å². The number of hydrogen-bond donors (Lipinski definition) is 2. The lowest BCUT2D eigenvalue weighted by Crippen LogP contribution is -2.25. The SMILES string of the molecule is NCCc1nnc(NC2CC3CCC2C3)o1. The van der Waals surface area contributed by atoms with E-state index in [1.54, 1.807) is 0 Å². The largest absolute Gasteiger partial charge is 0.408 e. The average Bonchev–Trinajstić information content (AvgIpc) is 2.95. The van der Waals surface area contributed by atoms with E-state index in [1.165, 1.54) is 25.7 Å². The van der Waals surface area contributed by atoms with Crippen LogP contribution >= 0.6 is 0 Å². The minimum Gasteiger partial charge on any atom is -0.408 e. The Morgan fingerprint density at radius 2 is 2.25 bits per heavy atom. The predicted molar refractivity (Wildman–Crippen MR) is 59.9 cm³/mol. The first-order chi connectivity index (χ1) is 7.85. The van der Waals surface area contributed by atoms with Gasteiger partial charge in [-0.2, -0.15) is 0 Å². The zero-order chi connectivity index (χ0) is 11.0. The molecule has 2 aliphatic carbocycles. The highest BCUT2D eigenvalue weighted by molar-refractivity contribution is 5.22. The summed E-state index contributed by atoms with van der Waals surface area (Å²) in [7, 11) is 0. The molecular weight excluding hydrogens is 204 g/mol. The van der Waals surface area contributed by atoms with E-state index >= 15 is 0 Å². The molecule has 1 heterocycles. The number of nitrogens with two attached hydrogens (primary N) is 1. The van der Waals surface area contributed by atoms with Crippen molar-refractivity contribution in [3.8, 4) is 0 Å². The van der Waals surface area contributed by atoms with Gasteiger partial charge < -0.3 is 15.5 Å². The predicted octanol–water partition coefficient (Wildman–Crippen LogP) is 1.17. The van der Waals surface area contributed by atoms with Gasteiger partial charge in [0.25, 0.3) is 0 Å². The third-order valence-electron chi connectivity index (χ3n) is 3.87. The number of hydrogen-bond acceptors (Lipinski definition) is 5. The zero-order valence-electron chi connectivity index (χ0n) is 9.35. The van der Waals surface area contributed by atoms with Gasteiger partial charge in [-0.3, -0.25) is 0 Å². The van der Waals surface area contributed by atoms with Crippen LogP contribution in [-0.2, 0) is 6.42 Å². The Bertz CT molecular complexity index is 365. The summed E-state index contributed by atoms with van der Waals surface area (Å²) in [6.07, 6.45) is 6.06. The number of nitrogens with one attached hydrogen (secondary N) is 1. The number of rotatable bonds is 4. The fourth-order valence-electron chi connectivity index (χ4n) is 3.12. The van der Waals surface area contributed by atoms with Crippen molar-refractivity contribution in [2.75, 3.05) is 11.9 Å². The third kappa shape index (κ3) is 1.80. The third-order valence-corrected chi connectivity index (χ3v) is 3.87. The van der Waals surface area contributed by atoms with Gasteiger partial charge in [-0.1, -0.05) is 11.5 Å². The van der Waals surface area contributed by atoms with Gasteiger partial charge in [-0.15, -0.1) is 5.10 Å². The van der Waals surface area contributed by atoms with Crippen LogP contribution in [0.3, 0.4) is 0 Å². The van der Waals surface area contributed by atoms with Crippen molar-refractivity contribution in [2.45, 2.75) is 38.1 Å². The number of aromatic nitrogens is 2. The van der Waals surface area contributed by atoms with Gasteiger partial charge in [0.15, 0.2) is 0 Å². The highest BCUT2D eigenvalue weighted by Gasteiger charge is 2.39. The van der Waals surface area contributed by atoms with E-state index in [-0.39, 0.29) is 0 Å². The molecule has 0 amide bonds. The fraction of sp³-hybridized carbons (Fsp3) is 0.818. The molecule has 3 rings (SSSR count). The smallest absolute Gasteiger partial charge is 0.315 e. The molecule has 88 valence electrons. The molecule has 5 heteroatoms. The molecule has 16 heavy (non-hydrogen) atoms. The zero-order valence-corrected chi connectivity index (χ0v) is 9.35. The maximum atomic E-state index is 5.48. The maximum absolute atomic E-state index is 5.48. The van der Waals surface area contributed by atoms with Crippen LogP contribution in [0.15, 0.2) is 4.42 Å². The van der Waals surface area contributed by atoms with Gasteiger partial charge in [0.2, 0.25) is 5.89 Å². The second kappa shape index (κ2) is 4.05. The quantitative estimate of drug-likeness (QED) is 0.799. The summed E-state index contributed by atoms with van der Waals surface area (Å²) in [6, 6.07) is 1.12. The maximum Gasteiger partial charge on any atom is 0.315 e. The Balaban J connectivity index is 1.61. The van der Waals surface area contributed by atoms with Crippen LogP contribution in [0.4, 0.5) is 6.01 Å². The van der Waals surface area contributed by atoms with Crippen LogP contribution in [-0.4, -0.2) is 22.8 Å². The van der Waals surface area contributed by atoms with Gasteiger partial charge in [0, 0.05) is 19.0 Å². The molecule has 0 spiro atoms. The topological polar surface area (TPSA) is 77.0 Å². The number of nitrogens with zero attached hydrogens (tertiary/aromatic N) is 2. The van der Waals surface area contributed by atoms with Crippen molar-refractivity contribution in [1.82, 2.24) is 10.2 Å². The lowest BCUT2D eigenvalue weighted by molar-refractivity contribution is 0.422. The number of fused-ring (bicyclic) bond motifs is 2. The molecule has 5 nitrogen and oxygen atoms in total. The van der Waals surface area contributed by atoms with Crippen molar-refractivity contribution in [2.24, 2.45) is 17.6 Å². The molecule has 2 fully saturated rings. The molecule has 0 radical (unpaired) electrons. The molecule has 1 aromatic rings. The monoisotopic (exact) mass is 222 g/mol. The Hall–Kier alpha value is -1.10. The second-order valence-corrected chi connectivity index (χ2v) is 4.97. The summed E-state index contributed by atoms with van der Waals surface area (Å²) in [5.41, 5.74) is 5.43. The van der Waals surface area contributed by atoms with Crippen molar-refractivity contribution >= 4 is 6.01 Å². The molecule has 3 N–H and O–H groups in total. The van der Waals surface area contributed by atoms with E-state index in [4.69, 9.17) is 10.2 Å². The van der Waals surface area contributed by atoms with E-state index in [1.807, 2.05) is 0 Å². The first kappa shape index (κ1) is 10.1. The van der Waals surface area contributed by atoms with E-state index < -0.39 is 0 Å². The summed E-state index contributed by atoms with van der Waals surface area (Å²) in [5, 5.41) is 11.3. The minimum atomic E-state index is 0.546. The lowest BCUT2D eigenvalue weighted by Gasteiger charge is -2.21. The van der Waals surface area contributed by atoms with Crippen molar-refractivity contribution in [3.05, 3.63) is 5.89 Å². The van der Waals surface area contributed by atoms with Crippen molar-refractivity contribution in [3.63, 3.8) is 0 Å². The van der Waals surface area contributed by atoms with Crippen molar-refractivity contribution < 1.29 is 4.42 Å². The summed E-state index contributed by atoms with van der Waals surface area (Å²) in [4.78, 5) is 0. The van der Waals surface area contributed by atoms with Crippen molar-refractivity contribution in [1.29, 1.82) is 0 Å². The molecule has 2 aliphatic rings. The van der Waals surface area contributed by atoms with Gasteiger partial charge in [0.1, 0.15) is 0 Å². The molecule has 2 bridgehead atoms. The Morgan fingerprint density at radius 1 is 1.31 bits per heavy atom. The van der Waals surface area contributed by atoms with Gasteiger partial charge in [-0.05, 0) is 31.1 Å².